The van der Waals surface area contributed by atoms with Gasteiger partial charge < -0.3 is 19.5 Å². The van der Waals surface area contributed by atoms with Crippen molar-refractivity contribution in [3.8, 4) is 17.2 Å². The Morgan fingerprint density at radius 1 is 1.14 bits per heavy atom. The first-order valence-electron chi connectivity index (χ1n) is 9.09. The van der Waals surface area contributed by atoms with Gasteiger partial charge in [-0.25, -0.2) is 4.79 Å². The van der Waals surface area contributed by atoms with E-state index in [0.717, 1.165) is 10.5 Å². The third kappa shape index (κ3) is 3.49. The Labute approximate surface area is 167 Å². The van der Waals surface area contributed by atoms with Crippen molar-refractivity contribution in [2.75, 3.05) is 20.4 Å². The number of ketones is 1. The molecule has 0 bridgehead atoms. The molecule has 2 aromatic carbocycles. The van der Waals surface area contributed by atoms with Crippen molar-refractivity contribution in [1.29, 1.82) is 0 Å². The summed E-state index contributed by atoms with van der Waals surface area (Å²) >= 11 is 0. The number of carbonyl (C=O) groups is 3. The maximum Gasteiger partial charge on any atom is 0.325 e. The number of ether oxygens (including phenoxy) is 3. The van der Waals surface area contributed by atoms with Crippen LogP contribution in [0.25, 0.3) is 0 Å². The van der Waals surface area contributed by atoms with Crippen LogP contribution in [0.4, 0.5) is 4.79 Å². The molecule has 0 aromatic heterocycles. The molecule has 0 spiro atoms. The van der Waals surface area contributed by atoms with Gasteiger partial charge in [-0.1, -0.05) is 6.07 Å². The first-order valence-corrected chi connectivity index (χ1v) is 9.09. The third-order valence-electron chi connectivity index (χ3n) is 5.05. The van der Waals surface area contributed by atoms with Crippen LogP contribution in [0.15, 0.2) is 42.5 Å². The van der Waals surface area contributed by atoms with E-state index in [-0.39, 0.29) is 25.5 Å². The Morgan fingerprint density at radius 3 is 2.59 bits per heavy atom. The first-order chi connectivity index (χ1) is 13.9. The average molecular weight is 396 g/mol. The van der Waals surface area contributed by atoms with E-state index in [1.165, 1.54) is 7.11 Å². The van der Waals surface area contributed by atoms with E-state index in [9.17, 15) is 14.4 Å². The molecule has 2 aromatic rings. The zero-order valence-electron chi connectivity index (χ0n) is 16.1. The monoisotopic (exact) mass is 396 g/mol. The molecule has 2 heterocycles. The van der Waals surface area contributed by atoms with Crippen molar-refractivity contribution in [3.63, 3.8) is 0 Å². The molecule has 0 unspecified atom stereocenters. The van der Waals surface area contributed by atoms with Crippen LogP contribution >= 0.6 is 0 Å². The van der Waals surface area contributed by atoms with Crippen LogP contribution in [-0.2, 0) is 11.2 Å². The number of nitrogens with one attached hydrogen (secondary N) is 1. The van der Waals surface area contributed by atoms with E-state index in [2.05, 4.69) is 5.32 Å². The van der Waals surface area contributed by atoms with Crippen LogP contribution in [-0.4, -0.2) is 48.6 Å². The van der Waals surface area contributed by atoms with Crippen LogP contribution in [0.3, 0.4) is 0 Å². The van der Waals surface area contributed by atoms with Crippen LogP contribution in [0.5, 0.6) is 17.2 Å². The summed E-state index contributed by atoms with van der Waals surface area (Å²) < 4.78 is 15.7. The Balaban J connectivity index is 1.48. The Bertz CT molecular complexity index is 987. The summed E-state index contributed by atoms with van der Waals surface area (Å²) in [6.07, 6.45) is 0.265. The average Bonchev–Trinajstić information content (AvgIpc) is 3.26. The van der Waals surface area contributed by atoms with Crippen molar-refractivity contribution < 1.29 is 28.6 Å². The van der Waals surface area contributed by atoms with Crippen molar-refractivity contribution in [2.24, 2.45) is 0 Å². The third-order valence-corrected chi connectivity index (χ3v) is 5.05. The predicted octanol–water partition coefficient (Wildman–Crippen LogP) is 2.16. The summed E-state index contributed by atoms with van der Waals surface area (Å²) in [5.74, 6) is 1.10. The van der Waals surface area contributed by atoms with Gasteiger partial charge in [0.2, 0.25) is 6.79 Å². The number of carbonyl (C=O) groups excluding carboxylic acids is 3. The van der Waals surface area contributed by atoms with Gasteiger partial charge in [0.25, 0.3) is 5.91 Å². The molecule has 1 saturated heterocycles. The number of fused-ring (bicyclic) bond motifs is 1. The minimum Gasteiger partial charge on any atom is -0.497 e. The number of rotatable bonds is 6. The lowest BCUT2D eigenvalue weighted by molar-refractivity contribution is -0.130. The maximum atomic E-state index is 13.0. The summed E-state index contributed by atoms with van der Waals surface area (Å²) in [5.41, 5.74) is 0.0647. The molecule has 1 N–H and O–H groups in total. The highest BCUT2D eigenvalue weighted by molar-refractivity contribution is 6.11. The summed E-state index contributed by atoms with van der Waals surface area (Å²) in [7, 11) is 1.53. The van der Waals surface area contributed by atoms with Crippen LogP contribution in [0.2, 0.25) is 0 Å². The number of urea groups is 1. The molecular weight excluding hydrogens is 376 g/mol. The smallest absolute Gasteiger partial charge is 0.325 e. The van der Waals surface area contributed by atoms with Crippen LogP contribution in [0.1, 0.15) is 22.8 Å². The van der Waals surface area contributed by atoms with Gasteiger partial charge in [0.1, 0.15) is 11.3 Å². The van der Waals surface area contributed by atoms with Gasteiger partial charge >= 0.3 is 6.03 Å². The SMILES string of the molecule is COc1ccc(C(=O)CN2C(=O)N[C@@](C)(Cc3ccc4c(c3)OCO4)C2=O)cc1. The van der Waals surface area contributed by atoms with Crippen molar-refractivity contribution in [2.45, 2.75) is 18.9 Å². The lowest BCUT2D eigenvalue weighted by atomic mass is 9.92. The number of hydrogen-bond acceptors (Lipinski definition) is 6. The summed E-state index contributed by atoms with van der Waals surface area (Å²) in [6, 6.07) is 11.3. The highest BCUT2D eigenvalue weighted by Gasteiger charge is 2.48. The quantitative estimate of drug-likeness (QED) is 0.594. The van der Waals surface area contributed by atoms with Crippen molar-refractivity contribution in [3.05, 3.63) is 53.6 Å². The van der Waals surface area contributed by atoms with Crippen LogP contribution < -0.4 is 19.5 Å². The van der Waals surface area contributed by atoms with Crippen molar-refractivity contribution >= 4 is 17.7 Å². The lowest BCUT2D eigenvalue weighted by Crippen LogP contribution is -2.46. The zero-order valence-corrected chi connectivity index (χ0v) is 16.1. The topological polar surface area (TPSA) is 94.2 Å². The second-order valence-corrected chi connectivity index (χ2v) is 7.17. The molecule has 4 rings (SSSR count). The molecule has 0 radical (unpaired) electrons. The minimum atomic E-state index is -1.15. The molecule has 8 nitrogen and oxygen atoms in total. The second kappa shape index (κ2) is 7.12. The normalized spacial score (nSPS) is 20.0. The van der Waals surface area contributed by atoms with E-state index < -0.39 is 17.5 Å². The van der Waals surface area contributed by atoms with Gasteiger partial charge in [0.15, 0.2) is 17.3 Å². The Hall–Kier alpha value is -3.55. The largest absolute Gasteiger partial charge is 0.497 e. The van der Waals surface area contributed by atoms with Crippen LogP contribution in [0, 0.1) is 0 Å². The fourth-order valence-corrected chi connectivity index (χ4v) is 3.48. The zero-order chi connectivity index (χ0) is 20.6. The van der Waals surface area contributed by atoms with E-state index >= 15 is 0 Å². The summed E-state index contributed by atoms with van der Waals surface area (Å²) in [4.78, 5) is 38.9. The fraction of sp³-hybridized carbons (Fsp3) is 0.286. The molecule has 150 valence electrons. The molecular formula is C21H20N2O6. The Morgan fingerprint density at radius 2 is 1.86 bits per heavy atom. The molecule has 1 fully saturated rings. The number of Topliss-reactive ketones (excluding diaryl/α,β-unsaturated/α-hetero) is 1. The fourth-order valence-electron chi connectivity index (χ4n) is 3.48. The molecule has 0 aliphatic carbocycles. The highest BCUT2D eigenvalue weighted by Crippen LogP contribution is 2.34. The number of imide groups is 1. The first kappa shape index (κ1) is 18.8. The number of methoxy groups -OCH3 is 1. The van der Waals surface area contributed by atoms with Gasteiger partial charge in [-0.05, 0) is 48.9 Å². The molecule has 3 amide bonds. The standard InChI is InChI=1S/C21H20N2O6/c1-21(10-13-3-8-17-18(9-13)29-12-28-17)19(25)23(20(26)22-21)11-16(24)14-4-6-15(27-2)7-5-14/h3-9H,10-12H2,1-2H3,(H,22,26)/t21-/m0/s1. The molecule has 2 aliphatic heterocycles. The minimum absolute atomic E-state index is 0.160. The number of benzene rings is 2. The molecule has 29 heavy (non-hydrogen) atoms. The summed E-state index contributed by atoms with van der Waals surface area (Å²) in [5, 5.41) is 2.71. The molecule has 8 heteroatoms. The molecule has 0 saturated carbocycles. The second-order valence-electron chi connectivity index (χ2n) is 7.17. The van der Waals surface area contributed by atoms with E-state index in [1.807, 2.05) is 6.07 Å². The maximum absolute atomic E-state index is 13.0. The van der Waals surface area contributed by atoms with E-state index in [4.69, 9.17) is 14.2 Å². The number of nitrogens with zero attached hydrogens (tertiary/aromatic N) is 1. The Kier molecular flexibility index (Phi) is 4.62. The van der Waals surface area contributed by atoms with E-state index in [1.54, 1.807) is 43.3 Å². The molecule has 2 aliphatic rings. The number of amides is 3. The van der Waals surface area contributed by atoms with Gasteiger partial charge in [0, 0.05) is 12.0 Å². The predicted molar refractivity (Wildman–Crippen MR) is 102 cm³/mol. The van der Waals surface area contributed by atoms with E-state index in [0.29, 0.717) is 22.8 Å². The number of hydrogen-bond donors (Lipinski definition) is 1. The van der Waals surface area contributed by atoms with Gasteiger partial charge in [-0.2, -0.15) is 0 Å². The van der Waals surface area contributed by atoms with Gasteiger partial charge in [0.05, 0.1) is 13.7 Å². The van der Waals surface area contributed by atoms with Gasteiger partial charge in [-0.3, -0.25) is 14.5 Å². The van der Waals surface area contributed by atoms with Crippen molar-refractivity contribution in [1.82, 2.24) is 10.2 Å². The summed E-state index contributed by atoms with van der Waals surface area (Å²) in [6.45, 7) is 1.48. The lowest BCUT2D eigenvalue weighted by Gasteiger charge is -2.21. The van der Waals surface area contributed by atoms with Gasteiger partial charge in [-0.15, -0.1) is 0 Å². The molecule has 1 atom stereocenters. The highest BCUT2D eigenvalue weighted by atomic mass is 16.7.